The van der Waals surface area contributed by atoms with Gasteiger partial charge in [-0.25, -0.2) is 0 Å². The van der Waals surface area contributed by atoms with Crippen LogP contribution in [0.2, 0.25) is 0 Å². The van der Waals surface area contributed by atoms with Gasteiger partial charge >= 0.3 is 12.3 Å². The lowest BCUT2D eigenvalue weighted by Crippen LogP contribution is -2.16. The molecule has 130 valence electrons. The Balaban J connectivity index is 1.96. The van der Waals surface area contributed by atoms with Crippen LogP contribution in [0, 0.1) is 0 Å². The van der Waals surface area contributed by atoms with Crippen LogP contribution in [0.25, 0.3) is 0 Å². The van der Waals surface area contributed by atoms with E-state index in [-0.39, 0.29) is 11.7 Å². The van der Waals surface area contributed by atoms with E-state index < -0.39 is 11.6 Å². The summed E-state index contributed by atoms with van der Waals surface area (Å²) in [6, 6.07) is 5.22. The van der Waals surface area contributed by atoms with Gasteiger partial charge in [-0.2, -0.15) is 0 Å². The van der Waals surface area contributed by atoms with Crippen LogP contribution in [-0.2, 0) is 9.53 Å². The molecular weight excluding hydrogens is 367 g/mol. The number of hydrogen-bond donors (Lipinski definition) is 1. The Bertz CT molecular complexity index is 692. The molecule has 0 radical (unpaired) electrons. The highest BCUT2D eigenvalue weighted by Crippen LogP contribution is 2.31. The maximum Gasteiger partial charge on any atom is 0.573 e. The van der Waals surface area contributed by atoms with Crippen LogP contribution in [0.15, 0.2) is 28.6 Å². The zero-order valence-corrected chi connectivity index (χ0v) is 14.1. The van der Waals surface area contributed by atoms with Crippen molar-refractivity contribution in [3.63, 3.8) is 0 Å². The van der Waals surface area contributed by atoms with Crippen molar-refractivity contribution in [2.24, 2.45) is 0 Å². The molecular formula is C13H12F3N3O3S2. The molecule has 1 aromatic carbocycles. The molecule has 0 amide bonds. The first kappa shape index (κ1) is 18.3. The Hall–Kier alpha value is -2.01. The van der Waals surface area contributed by atoms with Gasteiger partial charge in [0, 0.05) is 5.69 Å². The van der Waals surface area contributed by atoms with Crippen LogP contribution in [0.3, 0.4) is 0 Å². The number of carbonyl (C=O) groups excluding carboxylic acids is 1. The van der Waals surface area contributed by atoms with E-state index in [0.717, 1.165) is 0 Å². The number of alkyl halides is 3. The van der Waals surface area contributed by atoms with Gasteiger partial charge < -0.3 is 14.8 Å². The van der Waals surface area contributed by atoms with Gasteiger partial charge in [0.25, 0.3) is 0 Å². The third kappa shape index (κ3) is 5.57. The van der Waals surface area contributed by atoms with Gasteiger partial charge in [-0.05, 0) is 31.2 Å². The summed E-state index contributed by atoms with van der Waals surface area (Å²) in [7, 11) is 1.30. The summed E-state index contributed by atoms with van der Waals surface area (Å²) in [6.07, 6.45) is -4.73. The van der Waals surface area contributed by atoms with Crippen LogP contribution in [-0.4, -0.2) is 34.9 Å². The van der Waals surface area contributed by atoms with Crippen molar-refractivity contribution in [1.29, 1.82) is 0 Å². The zero-order chi connectivity index (χ0) is 17.7. The van der Waals surface area contributed by atoms with E-state index >= 15 is 0 Å². The SMILES string of the molecule is COC(=O)[C@H](C)Sc1nnc(Nc2ccc(OC(F)(F)F)cc2)s1. The summed E-state index contributed by atoms with van der Waals surface area (Å²) in [5, 5.41) is 10.8. The van der Waals surface area contributed by atoms with E-state index in [2.05, 4.69) is 25.0 Å². The summed E-state index contributed by atoms with van der Waals surface area (Å²) in [6.45, 7) is 1.68. The van der Waals surface area contributed by atoms with Crippen molar-refractivity contribution in [3.05, 3.63) is 24.3 Å². The maximum atomic E-state index is 12.1. The predicted octanol–water partition coefficient (Wildman–Crippen LogP) is 3.83. The predicted molar refractivity (Wildman–Crippen MR) is 83.7 cm³/mol. The Labute approximate surface area is 143 Å². The molecule has 6 nitrogen and oxygen atoms in total. The minimum atomic E-state index is -4.73. The van der Waals surface area contributed by atoms with Gasteiger partial charge in [0.2, 0.25) is 5.13 Å². The molecule has 2 aromatic rings. The van der Waals surface area contributed by atoms with Gasteiger partial charge in [0.15, 0.2) is 4.34 Å². The molecule has 0 saturated heterocycles. The van der Waals surface area contributed by atoms with E-state index in [1.54, 1.807) is 6.92 Å². The number of hydrogen-bond acceptors (Lipinski definition) is 8. The molecule has 2 rings (SSSR count). The summed E-state index contributed by atoms with van der Waals surface area (Å²) < 4.78 is 45.2. The maximum absolute atomic E-state index is 12.1. The van der Waals surface area contributed by atoms with E-state index in [0.29, 0.717) is 15.2 Å². The fourth-order valence-corrected chi connectivity index (χ4v) is 3.48. The van der Waals surface area contributed by atoms with Crippen LogP contribution in [0.1, 0.15) is 6.92 Å². The molecule has 0 bridgehead atoms. The van der Waals surface area contributed by atoms with Gasteiger partial charge in [-0.1, -0.05) is 23.1 Å². The lowest BCUT2D eigenvalue weighted by molar-refractivity contribution is -0.274. The highest BCUT2D eigenvalue weighted by atomic mass is 32.2. The van der Waals surface area contributed by atoms with Crippen molar-refractivity contribution >= 4 is 39.9 Å². The Kier molecular flexibility index (Phi) is 5.89. The van der Waals surface area contributed by atoms with Gasteiger partial charge in [0.05, 0.1) is 7.11 Å². The number of ether oxygens (including phenoxy) is 2. The Morgan fingerprint density at radius 2 is 1.96 bits per heavy atom. The molecule has 1 atom stereocenters. The quantitative estimate of drug-likeness (QED) is 0.604. The molecule has 11 heteroatoms. The van der Waals surface area contributed by atoms with Gasteiger partial charge in [-0.3, -0.25) is 4.79 Å². The minimum Gasteiger partial charge on any atom is -0.468 e. The Morgan fingerprint density at radius 3 is 2.54 bits per heavy atom. The van der Waals surface area contributed by atoms with E-state index in [4.69, 9.17) is 0 Å². The van der Waals surface area contributed by atoms with Gasteiger partial charge in [0.1, 0.15) is 11.0 Å². The molecule has 0 spiro atoms. The number of carbonyl (C=O) groups is 1. The Morgan fingerprint density at radius 1 is 1.29 bits per heavy atom. The van der Waals surface area contributed by atoms with Crippen molar-refractivity contribution in [3.8, 4) is 5.75 Å². The summed E-state index contributed by atoms with van der Waals surface area (Å²) >= 11 is 2.41. The lowest BCUT2D eigenvalue weighted by Gasteiger charge is -2.09. The first-order valence-electron chi connectivity index (χ1n) is 6.47. The molecule has 0 aliphatic rings. The highest BCUT2D eigenvalue weighted by molar-refractivity contribution is 8.02. The normalized spacial score (nSPS) is 12.5. The second-order valence-electron chi connectivity index (χ2n) is 4.35. The number of benzene rings is 1. The topological polar surface area (TPSA) is 73.3 Å². The number of anilines is 2. The van der Waals surface area contributed by atoms with Crippen LogP contribution in [0.4, 0.5) is 24.0 Å². The third-order valence-corrected chi connectivity index (χ3v) is 4.56. The number of aromatic nitrogens is 2. The number of rotatable bonds is 6. The fourth-order valence-electron chi connectivity index (χ4n) is 1.54. The smallest absolute Gasteiger partial charge is 0.468 e. The molecule has 0 aliphatic carbocycles. The second-order valence-corrected chi connectivity index (χ2v) is 6.92. The van der Waals surface area contributed by atoms with E-state index in [1.165, 1.54) is 54.5 Å². The highest BCUT2D eigenvalue weighted by Gasteiger charge is 2.30. The van der Waals surface area contributed by atoms with Crippen molar-refractivity contribution in [1.82, 2.24) is 10.2 Å². The largest absolute Gasteiger partial charge is 0.573 e. The van der Waals surface area contributed by atoms with Crippen LogP contribution >= 0.6 is 23.1 Å². The number of thioether (sulfide) groups is 1. The second kappa shape index (κ2) is 7.71. The fraction of sp³-hybridized carbons (Fsp3) is 0.308. The summed E-state index contributed by atoms with van der Waals surface area (Å²) in [4.78, 5) is 11.4. The molecule has 0 fully saturated rings. The monoisotopic (exact) mass is 379 g/mol. The lowest BCUT2D eigenvalue weighted by atomic mass is 10.3. The standard InChI is InChI=1S/C13H12F3N3O3S2/c1-7(10(20)21-2)23-12-19-18-11(24-12)17-8-3-5-9(6-4-8)22-13(14,15)16/h3-7H,1-2H3,(H,17,18)/t7-/m0/s1. The molecule has 0 unspecified atom stereocenters. The van der Waals surface area contributed by atoms with Gasteiger partial charge in [-0.15, -0.1) is 23.4 Å². The zero-order valence-electron chi connectivity index (χ0n) is 12.5. The van der Waals surface area contributed by atoms with Crippen LogP contribution in [0.5, 0.6) is 5.75 Å². The van der Waals surface area contributed by atoms with Crippen molar-refractivity contribution in [2.75, 3.05) is 12.4 Å². The third-order valence-electron chi connectivity index (χ3n) is 2.56. The summed E-state index contributed by atoms with van der Waals surface area (Å²) in [5.41, 5.74) is 0.526. The first-order valence-corrected chi connectivity index (χ1v) is 8.17. The molecule has 24 heavy (non-hydrogen) atoms. The number of esters is 1. The van der Waals surface area contributed by atoms with Crippen molar-refractivity contribution < 1.29 is 27.4 Å². The average molecular weight is 379 g/mol. The molecule has 0 saturated carbocycles. The molecule has 1 N–H and O–H groups in total. The average Bonchev–Trinajstić information content (AvgIpc) is 2.94. The van der Waals surface area contributed by atoms with Crippen LogP contribution < -0.4 is 10.1 Å². The minimum absolute atomic E-state index is 0.312. The molecule has 0 aliphatic heterocycles. The number of halogens is 3. The van der Waals surface area contributed by atoms with E-state index in [1.807, 2.05) is 0 Å². The summed E-state index contributed by atoms with van der Waals surface area (Å²) in [5.74, 6) is -0.682. The first-order chi connectivity index (χ1) is 11.3. The van der Waals surface area contributed by atoms with E-state index in [9.17, 15) is 18.0 Å². The van der Waals surface area contributed by atoms with Crippen molar-refractivity contribution in [2.45, 2.75) is 22.9 Å². The number of methoxy groups -OCH3 is 1. The molecule has 1 heterocycles. The number of nitrogens with zero attached hydrogens (tertiary/aromatic N) is 2. The number of nitrogens with one attached hydrogen (secondary N) is 1. The molecule has 1 aromatic heterocycles.